The summed E-state index contributed by atoms with van der Waals surface area (Å²) in [5.74, 6) is -0.528. The van der Waals surface area contributed by atoms with Crippen molar-refractivity contribution in [3.8, 4) is 0 Å². The molecule has 0 bridgehead atoms. The van der Waals surface area contributed by atoms with Crippen LogP contribution in [0.2, 0.25) is 0 Å². The van der Waals surface area contributed by atoms with Crippen LogP contribution in [0.3, 0.4) is 0 Å². The second kappa shape index (κ2) is 29.6. The van der Waals surface area contributed by atoms with Gasteiger partial charge in [0.2, 0.25) is 5.91 Å². The normalized spacial score (nSPS) is 14.5. The van der Waals surface area contributed by atoms with E-state index in [0.717, 1.165) is 57.8 Å². The topological polar surface area (TPSA) is 89.8 Å². The number of carbonyl (C=O) groups excluding carboxylic acids is 1. The van der Waals surface area contributed by atoms with Gasteiger partial charge < -0.3 is 20.6 Å². The highest BCUT2D eigenvalue weighted by Gasteiger charge is 2.22. The minimum absolute atomic E-state index is 0.381. The molecule has 0 fully saturated rings. The van der Waals surface area contributed by atoms with Crippen molar-refractivity contribution in [1.82, 2.24) is 5.32 Å². The Hall–Kier alpha value is -1.43. The summed E-state index contributed by atoms with van der Waals surface area (Å²) in [6.07, 6.45) is 34.4. The molecule has 0 spiro atoms. The molecule has 0 aromatic rings. The van der Waals surface area contributed by atoms with Gasteiger partial charge >= 0.3 is 0 Å². The Kier molecular flexibility index (Phi) is 28.5. The molecule has 1 amide bonds. The first-order chi connectivity index (χ1) is 19.1. The second-order valence-corrected chi connectivity index (χ2v) is 11.0. The number of amides is 1. The van der Waals surface area contributed by atoms with Gasteiger partial charge in [0.1, 0.15) is 6.10 Å². The minimum Gasteiger partial charge on any atom is -0.394 e. The van der Waals surface area contributed by atoms with Crippen molar-refractivity contribution in [1.29, 1.82) is 0 Å². The fourth-order valence-corrected chi connectivity index (χ4v) is 4.53. The third-order valence-electron chi connectivity index (χ3n) is 7.20. The van der Waals surface area contributed by atoms with Gasteiger partial charge in [-0.05, 0) is 51.4 Å². The summed E-state index contributed by atoms with van der Waals surface area (Å²) >= 11 is 0. The molecule has 3 atom stereocenters. The van der Waals surface area contributed by atoms with E-state index in [1.54, 1.807) is 6.08 Å². The maximum atomic E-state index is 12.3. The molecule has 0 saturated heterocycles. The summed E-state index contributed by atoms with van der Waals surface area (Å²) in [6.45, 7) is 4.08. The average Bonchev–Trinajstić information content (AvgIpc) is 2.94. The zero-order valence-electron chi connectivity index (χ0n) is 25.5. The van der Waals surface area contributed by atoms with Gasteiger partial charge in [-0.25, -0.2) is 0 Å². The van der Waals surface area contributed by atoms with Crippen molar-refractivity contribution < 1.29 is 20.1 Å². The maximum Gasteiger partial charge on any atom is 0.249 e. The van der Waals surface area contributed by atoms with E-state index in [9.17, 15) is 20.1 Å². The van der Waals surface area contributed by atoms with Crippen molar-refractivity contribution in [2.75, 3.05) is 6.61 Å². The van der Waals surface area contributed by atoms with E-state index < -0.39 is 24.2 Å². The standard InChI is InChI=1S/C34H63NO4/c1-3-5-7-9-11-13-15-16-17-18-19-21-22-24-26-28-32(37)31(30-36)35-34(39)33(38)29-27-25-23-20-14-12-10-8-6-4-2/h10,12,19,21,26,28,31-33,36-38H,3-9,11,13-18,20,22-25,27,29-30H2,1-2H3,(H,35,39)/b12-10-,21-19+,28-26+. The van der Waals surface area contributed by atoms with Crippen LogP contribution in [0.4, 0.5) is 0 Å². The van der Waals surface area contributed by atoms with Crippen LogP contribution in [0.5, 0.6) is 0 Å². The van der Waals surface area contributed by atoms with Crippen molar-refractivity contribution in [2.45, 2.75) is 167 Å². The third-order valence-corrected chi connectivity index (χ3v) is 7.20. The Morgan fingerprint density at radius 3 is 1.64 bits per heavy atom. The second-order valence-electron chi connectivity index (χ2n) is 11.0. The minimum atomic E-state index is -1.11. The van der Waals surface area contributed by atoms with Crippen LogP contribution in [0.25, 0.3) is 0 Å². The van der Waals surface area contributed by atoms with Crippen LogP contribution >= 0.6 is 0 Å². The zero-order chi connectivity index (χ0) is 28.8. The van der Waals surface area contributed by atoms with Gasteiger partial charge in [-0.3, -0.25) is 4.79 Å². The van der Waals surface area contributed by atoms with E-state index in [2.05, 4.69) is 43.5 Å². The molecule has 0 rings (SSSR count). The van der Waals surface area contributed by atoms with Gasteiger partial charge in [0.05, 0.1) is 18.8 Å². The van der Waals surface area contributed by atoms with Crippen LogP contribution in [0.1, 0.15) is 149 Å². The lowest BCUT2D eigenvalue weighted by Crippen LogP contribution is -2.48. The molecule has 4 N–H and O–H groups in total. The van der Waals surface area contributed by atoms with E-state index >= 15 is 0 Å². The molecule has 0 saturated carbocycles. The summed E-state index contributed by atoms with van der Waals surface area (Å²) in [6, 6.07) is -0.815. The van der Waals surface area contributed by atoms with Gasteiger partial charge in [-0.2, -0.15) is 0 Å². The maximum absolute atomic E-state index is 12.3. The Morgan fingerprint density at radius 2 is 1.08 bits per heavy atom. The van der Waals surface area contributed by atoms with Gasteiger partial charge in [-0.1, -0.05) is 134 Å². The third kappa shape index (κ3) is 25.3. The molecule has 5 nitrogen and oxygen atoms in total. The number of aliphatic hydroxyl groups is 3. The van der Waals surface area contributed by atoms with Gasteiger partial charge in [0.15, 0.2) is 0 Å². The van der Waals surface area contributed by atoms with E-state index in [1.807, 2.05) is 6.08 Å². The van der Waals surface area contributed by atoms with Crippen LogP contribution < -0.4 is 5.32 Å². The Bertz CT molecular complexity index is 616. The molecule has 39 heavy (non-hydrogen) atoms. The number of hydrogen-bond donors (Lipinski definition) is 4. The molecule has 0 aliphatic carbocycles. The molecule has 0 aliphatic heterocycles. The average molecular weight is 550 g/mol. The highest BCUT2D eigenvalue weighted by molar-refractivity contribution is 5.80. The van der Waals surface area contributed by atoms with E-state index in [1.165, 1.54) is 70.6 Å². The molecular weight excluding hydrogens is 486 g/mol. The molecule has 5 heteroatoms. The van der Waals surface area contributed by atoms with E-state index in [-0.39, 0.29) is 6.61 Å². The van der Waals surface area contributed by atoms with Crippen LogP contribution in [-0.4, -0.2) is 46.1 Å². The molecule has 228 valence electrons. The predicted molar refractivity (Wildman–Crippen MR) is 167 cm³/mol. The quantitative estimate of drug-likeness (QED) is 0.0586. The highest BCUT2D eigenvalue weighted by atomic mass is 16.3. The van der Waals surface area contributed by atoms with Crippen LogP contribution in [0.15, 0.2) is 36.5 Å². The largest absolute Gasteiger partial charge is 0.394 e. The van der Waals surface area contributed by atoms with Crippen molar-refractivity contribution in [2.24, 2.45) is 0 Å². The lowest BCUT2D eigenvalue weighted by molar-refractivity contribution is -0.131. The predicted octanol–water partition coefficient (Wildman–Crippen LogP) is 8.09. The molecule has 0 radical (unpaired) electrons. The first-order valence-electron chi connectivity index (χ1n) is 16.3. The van der Waals surface area contributed by atoms with Gasteiger partial charge in [0.25, 0.3) is 0 Å². The molecule has 0 aromatic heterocycles. The number of aliphatic hydroxyl groups excluding tert-OH is 3. The van der Waals surface area contributed by atoms with Crippen molar-refractivity contribution in [3.05, 3.63) is 36.5 Å². The number of allylic oxidation sites excluding steroid dienone is 5. The summed E-state index contributed by atoms with van der Waals surface area (Å²) in [5.41, 5.74) is 0. The Labute approximate surface area is 241 Å². The number of hydrogen-bond acceptors (Lipinski definition) is 4. The summed E-state index contributed by atoms with van der Waals surface area (Å²) < 4.78 is 0. The summed E-state index contributed by atoms with van der Waals surface area (Å²) in [7, 11) is 0. The molecular formula is C34H63NO4. The Morgan fingerprint density at radius 1 is 0.615 bits per heavy atom. The van der Waals surface area contributed by atoms with Gasteiger partial charge in [-0.15, -0.1) is 0 Å². The molecule has 0 aromatic carbocycles. The number of unbranched alkanes of at least 4 members (excludes halogenated alkanes) is 16. The number of nitrogens with one attached hydrogen (secondary N) is 1. The molecule has 0 aliphatic rings. The lowest BCUT2D eigenvalue weighted by atomic mass is 10.1. The SMILES string of the molecule is CCCC/C=C\CCCCCCC(O)C(=O)NC(CO)C(O)/C=C/CC/C=C/CCCCCCCCCCC. The van der Waals surface area contributed by atoms with Crippen molar-refractivity contribution >= 4 is 5.91 Å². The fourth-order valence-electron chi connectivity index (χ4n) is 4.53. The molecule has 0 heterocycles. The smallest absolute Gasteiger partial charge is 0.249 e. The molecule has 3 unspecified atom stereocenters. The van der Waals surface area contributed by atoms with E-state index in [0.29, 0.717) is 6.42 Å². The van der Waals surface area contributed by atoms with Crippen molar-refractivity contribution in [3.63, 3.8) is 0 Å². The van der Waals surface area contributed by atoms with Crippen LogP contribution in [-0.2, 0) is 4.79 Å². The highest BCUT2D eigenvalue weighted by Crippen LogP contribution is 2.12. The summed E-state index contributed by atoms with van der Waals surface area (Å²) in [5, 5.41) is 32.7. The fraction of sp³-hybridized carbons (Fsp3) is 0.794. The monoisotopic (exact) mass is 549 g/mol. The first kappa shape index (κ1) is 37.6. The number of carbonyl (C=O) groups is 1. The summed E-state index contributed by atoms with van der Waals surface area (Å²) in [4.78, 5) is 12.3. The lowest BCUT2D eigenvalue weighted by Gasteiger charge is -2.21. The Balaban J connectivity index is 3.88. The van der Waals surface area contributed by atoms with Gasteiger partial charge in [0, 0.05) is 0 Å². The first-order valence-corrected chi connectivity index (χ1v) is 16.3. The zero-order valence-corrected chi connectivity index (χ0v) is 25.5. The van der Waals surface area contributed by atoms with E-state index in [4.69, 9.17) is 0 Å². The number of rotatable bonds is 28. The van der Waals surface area contributed by atoms with Crippen LogP contribution in [0, 0.1) is 0 Å².